The second-order valence-electron chi connectivity index (χ2n) is 9.19. The molecule has 1 aliphatic rings. The Labute approximate surface area is 196 Å². The number of aliphatic hydroxyl groups excluding tert-OH is 1. The first-order valence-electron chi connectivity index (χ1n) is 12.0. The first-order valence-corrected chi connectivity index (χ1v) is 12.0. The minimum absolute atomic E-state index is 0.310. The van der Waals surface area contributed by atoms with E-state index in [4.69, 9.17) is 4.74 Å². The van der Waals surface area contributed by atoms with Crippen LogP contribution in [0.25, 0.3) is 0 Å². The Balaban J connectivity index is 1.32. The Kier molecular flexibility index (Phi) is 8.65. The molecule has 1 atom stereocenters. The van der Waals surface area contributed by atoms with E-state index in [9.17, 15) is 9.50 Å². The van der Waals surface area contributed by atoms with Gasteiger partial charge >= 0.3 is 0 Å². The van der Waals surface area contributed by atoms with Crippen LogP contribution in [0.1, 0.15) is 48.5 Å². The topological polar surface area (TPSA) is 32.7 Å². The summed E-state index contributed by atoms with van der Waals surface area (Å²) in [6.07, 6.45) is 4.00. The van der Waals surface area contributed by atoms with Gasteiger partial charge in [-0.1, -0.05) is 72.8 Å². The van der Waals surface area contributed by atoms with E-state index in [0.29, 0.717) is 30.7 Å². The first kappa shape index (κ1) is 23.6. The van der Waals surface area contributed by atoms with Gasteiger partial charge in [0.15, 0.2) is 0 Å². The van der Waals surface area contributed by atoms with Gasteiger partial charge in [-0.2, -0.15) is 0 Å². The molecule has 3 nitrogen and oxygen atoms in total. The van der Waals surface area contributed by atoms with E-state index >= 15 is 0 Å². The van der Waals surface area contributed by atoms with Crippen LogP contribution in [-0.4, -0.2) is 29.2 Å². The lowest BCUT2D eigenvalue weighted by molar-refractivity contribution is 0.00103. The SMILES string of the molecule is OC(CN(Cc1ccccc1)CC1CCC(OCc2ccccc2)CC1)c1cccc(F)c1. The minimum Gasteiger partial charge on any atom is -0.387 e. The van der Waals surface area contributed by atoms with Crippen molar-refractivity contribution in [2.75, 3.05) is 13.1 Å². The molecule has 174 valence electrons. The molecule has 0 heterocycles. The molecular weight excluding hydrogens is 413 g/mol. The predicted molar refractivity (Wildman–Crippen MR) is 130 cm³/mol. The van der Waals surface area contributed by atoms with E-state index in [-0.39, 0.29) is 5.82 Å². The summed E-state index contributed by atoms with van der Waals surface area (Å²) >= 11 is 0. The van der Waals surface area contributed by atoms with Crippen LogP contribution < -0.4 is 0 Å². The number of ether oxygens (including phenoxy) is 1. The van der Waals surface area contributed by atoms with E-state index in [0.717, 1.165) is 38.8 Å². The largest absolute Gasteiger partial charge is 0.387 e. The molecule has 1 unspecified atom stereocenters. The fraction of sp³-hybridized carbons (Fsp3) is 0.379. The molecule has 3 aromatic carbocycles. The number of halogens is 1. The highest BCUT2D eigenvalue weighted by molar-refractivity contribution is 5.19. The maximum Gasteiger partial charge on any atom is 0.123 e. The van der Waals surface area contributed by atoms with Crippen molar-refractivity contribution in [1.82, 2.24) is 4.90 Å². The van der Waals surface area contributed by atoms with E-state index < -0.39 is 6.10 Å². The quantitative estimate of drug-likeness (QED) is 0.405. The van der Waals surface area contributed by atoms with Gasteiger partial charge in [-0.05, 0) is 60.4 Å². The van der Waals surface area contributed by atoms with Gasteiger partial charge in [0.05, 0.1) is 18.8 Å². The third-order valence-corrected chi connectivity index (χ3v) is 6.55. The van der Waals surface area contributed by atoms with Gasteiger partial charge in [0.1, 0.15) is 5.82 Å². The molecule has 0 radical (unpaired) electrons. The van der Waals surface area contributed by atoms with Crippen LogP contribution in [0.3, 0.4) is 0 Å². The fourth-order valence-electron chi connectivity index (χ4n) is 4.74. The molecule has 1 fully saturated rings. The summed E-state index contributed by atoms with van der Waals surface area (Å²) in [6, 6.07) is 27.0. The molecule has 0 saturated heterocycles. The van der Waals surface area contributed by atoms with E-state index in [2.05, 4.69) is 41.3 Å². The number of rotatable bonds is 10. The summed E-state index contributed by atoms with van der Waals surface area (Å²) in [5.41, 5.74) is 3.08. The lowest BCUT2D eigenvalue weighted by Crippen LogP contribution is -2.35. The summed E-state index contributed by atoms with van der Waals surface area (Å²) in [6.45, 7) is 2.86. The van der Waals surface area contributed by atoms with Crippen molar-refractivity contribution in [1.29, 1.82) is 0 Å². The molecule has 33 heavy (non-hydrogen) atoms. The van der Waals surface area contributed by atoms with Crippen molar-refractivity contribution in [3.8, 4) is 0 Å². The van der Waals surface area contributed by atoms with Crippen LogP contribution in [0.2, 0.25) is 0 Å². The van der Waals surface area contributed by atoms with Crippen molar-refractivity contribution < 1.29 is 14.2 Å². The molecule has 4 rings (SSSR count). The third-order valence-electron chi connectivity index (χ3n) is 6.55. The number of hydrogen-bond acceptors (Lipinski definition) is 3. The maximum absolute atomic E-state index is 13.7. The van der Waals surface area contributed by atoms with Crippen molar-refractivity contribution in [2.45, 2.75) is 51.0 Å². The molecule has 1 aliphatic carbocycles. The lowest BCUT2D eigenvalue weighted by atomic mass is 9.86. The number of hydrogen-bond donors (Lipinski definition) is 1. The van der Waals surface area contributed by atoms with Gasteiger partial charge in [-0.3, -0.25) is 4.90 Å². The molecule has 4 heteroatoms. The molecule has 0 bridgehead atoms. The molecule has 0 aliphatic heterocycles. The van der Waals surface area contributed by atoms with Crippen molar-refractivity contribution in [2.24, 2.45) is 5.92 Å². The second-order valence-corrected chi connectivity index (χ2v) is 9.19. The van der Waals surface area contributed by atoms with E-state index in [1.165, 1.54) is 23.3 Å². The number of benzene rings is 3. The van der Waals surface area contributed by atoms with Crippen LogP contribution in [0.4, 0.5) is 4.39 Å². The highest BCUT2D eigenvalue weighted by Crippen LogP contribution is 2.29. The zero-order valence-electron chi connectivity index (χ0n) is 19.2. The normalized spacial score (nSPS) is 19.5. The predicted octanol–water partition coefficient (Wildman–Crippen LogP) is 6.14. The third kappa shape index (κ3) is 7.50. The maximum atomic E-state index is 13.7. The summed E-state index contributed by atoms with van der Waals surface area (Å²) < 4.78 is 19.8. The van der Waals surface area contributed by atoms with Crippen LogP contribution in [0.15, 0.2) is 84.9 Å². The number of aliphatic hydroxyl groups is 1. The molecular formula is C29H34FNO2. The Morgan fingerprint density at radius 2 is 1.52 bits per heavy atom. The molecule has 0 aromatic heterocycles. The van der Waals surface area contributed by atoms with E-state index in [1.807, 2.05) is 24.3 Å². The van der Waals surface area contributed by atoms with Crippen molar-refractivity contribution in [3.05, 3.63) is 107 Å². The van der Waals surface area contributed by atoms with Gasteiger partial charge in [0.25, 0.3) is 0 Å². The number of nitrogens with zero attached hydrogens (tertiary/aromatic N) is 1. The Morgan fingerprint density at radius 1 is 0.848 bits per heavy atom. The van der Waals surface area contributed by atoms with Gasteiger partial charge in [-0.25, -0.2) is 4.39 Å². The molecule has 1 saturated carbocycles. The molecule has 0 spiro atoms. The van der Waals surface area contributed by atoms with Gasteiger partial charge in [-0.15, -0.1) is 0 Å². The van der Waals surface area contributed by atoms with Crippen LogP contribution in [-0.2, 0) is 17.9 Å². The van der Waals surface area contributed by atoms with Crippen molar-refractivity contribution >= 4 is 0 Å². The molecule has 1 N–H and O–H groups in total. The van der Waals surface area contributed by atoms with Crippen molar-refractivity contribution in [3.63, 3.8) is 0 Å². The summed E-state index contributed by atoms with van der Waals surface area (Å²) in [7, 11) is 0. The zero-order valence-corrected chi connectivity index (χ0v) is 19.2. The minimum atomic E-state index is -0.713. The summed E-state index contributed by atoms with van der Waals surface area (Å²) in [5.74, 6) is 0.264. The van der Waals surface area contributed by atoms with Crippen LogP contribution >= 0.6 is 0 Å². The Morgan fingerprint density at radius 3 is 2.18 bits per heavy atom. The average Bonchev–Trinajstić information content (AvgIpc) is 2.85. The first-order chi connectivity index (χ1) is 16.2. The monoisotopic (exact) mass is 447 g/mol. The highest BCUT2D eigenvalue weighted by atomic mass is 19.1. The summed E-state index contributed by atoms with van der Waals surface area (Å²) in [5, 5.41) is 10.8. The lowest BCUT2D eigenvalue weighted by Gasteiger charge is -2.34. The van der Waals surface area contributed by atoms with Crippen LogP contribution in [0, 0.1) is 11.7 Å². The molecule has 0 amide bonds. The molecule has 3 aromatic rings. The Hall–Kier alpha value is -2.53. The Bertz CT molecular complexity index is 958. The highest BCUT2D eigenvalue weighted by Gasteiger charge is 2.25. The van der Waals surface area contributed by atoms with Gasteiger partial charge < -0.3 is 9.84 Å². The van der Waals surface area contributed by atoms with Gasteiger partial charge in [0.2, 0.25) is 0 Å². The van der Waals surface area contributed by atoms with E-state index in [1.54, 1.807) is 12.1 Å². The second kappa shape index (κ2) is 12.1. The fourth-order valence-corrected chi connectivity index (χ4v) is 4.74. The zero-order chi connectivity index (χ0) is 22.9. The van der Waals surface area contributed by atoms with Gasteiger partial charge in [0, 0.05) is 19.6 Å². The average molecular weight is 448 g/mol. The standard InChI is InChI=1S/C29H34FNO2/c30-27-13-7-12-26(18-27)29(32)21-31(19-23-8-3-1-4-9-23)20-24-14-16-28(17-15-24)33-22-25-10-5-2-6-11-25/h1-13,18,24,28-29,32H,14-17,19-22H2. The smallest absolute Gasteiger partial charge is 0.123 e. The van der Waals surface area contributed by atoms with Crippen LogP contribution in [0.5, 0.6) is 0 Å². The summed E-state index contributed by atoms with van der Waals surface area (Å²) in [4.78, 5) is 2.32.